The standard InChI is InChI=1S/C10H22ClNO4S/c1-9(2)16-6-7-17(13,14)12-5-4-10(11)8-15-3/h9-10,12H,4-8H2,1-3H3. The zero-order chi connectivity index (χ0) is 13.3. The van der Waals surface area contributed by atoms with Crippen molar-refractivity contribution in [1.29, 1.82) is 0 Å². The lowest BCUT2D eigenvalue weighted by atomic mass is 10.3. The Morgan fingerprint density at radius 3 is 2.53 bits per heavy atom. The summed E-state index contributed by atoms with van der Waals surface area (Å²) in [5.41, 5.74) is 0. The fourth-order valence-electron chi connectivity index (χ4n) is 1.10. The smallest absolute Gasteiger partial charge is 0.213 e. The summed E-state index contributed by atoms with van der Waals surface area (Å²) in [6.45, 7) is 4.67. The first-order valence-electron chi connectivity index (χ1n) is 5.59. The molecule has 0 rings (SSSR count). The minimum atomic E-state index is -3.26. The van der Waals surface area contributed by atoms with E-state index in [1.54, 1.807) is 7.11 Å². The Bertz CT molecular complexity index is 282. The topological polar surface area (TPSA) is 64.6 Å². The summed E-state index contributed by atoms with van der Waals surface area (Å²) in [7, 11) is -1.70. The van der Waals surface area contributed by atoms with Crippen molar-refractivity contribution in [3.05, 3.63) is 0 Å². The SMILES string of the molecule is COCC(Cl)CCNS(=O)(=O)CCOC(C)C. The third kappa shape index (κ3) is 11.0. The third-order valence-electron chi connectivity index (χ3n) is 1.93. The molecular weight excluding hydrogens is 266 g/mol. The highest BCUT2D eigenvalue weighted by Crippen LogP contribution is 2.01. The number of methoxy groups -OCH3 is 1. The first kappa shape index (κ1) is 17.1. The summed E-state index contributed by atoms with van der Waals surface area (Å²) in [4.78, 5) is 0. The number of hydrogen-bond donors (Lipinski definition) is 1. The molecule has 17 heavy (non-hydrogen) atoms. The van der Waals surface area contributed by atoms with Crippen LogP contribution in [0.3, 0.4) is 0 Å². The van der Waals surface area contributed by atoms with Crippen LogP contribution in [-0.2, 0) is 19.5 Å². The molecule has 0 amide bonds. The van der Waals surface area contributed by atoms with Gasteiger partial charge in [0.2, 0.25) is 10.0 Å². The summed E-state index contributed by atoms with van der Waals surface area (Å²) in [6, 6.07) is 0. The van der Waals surface area contributed by atoms with E-state index >= 15 is 0 Å². The van der Waals surface area contributed by atoms with E-state index in [0.29, 0.717) is 19.6 Å². The Kier molecular flexibility index (Phi) is 9.17. The fourth-order valence-corrected chi connectivity index (χ4v) is 2.22. The van der Waals surface area contributed by atoms with Crippen LogP contribution < -0.4 is 4.72 Å². The summed E-state index contributed by atoms with van der Waals surface area (Å²) in [6.07, 6.45) is 0.582. The Morgan fingerprint density at radius 2 is 2.00 bits per heavy atom. The molecule has 0 aromatic rings. The van der Waals surface area contributed by atoms with Gasteiger partial charge in [-0.15, -0.1) is 11.6 Å². The molecule has 0 saturated carbocycles. The average molecular weight is 288 g/mol. The van der Waals surface area contributed by atoms with Gasteiger partial charge < -0.3 is 9.47 Å². The van der Waals surface area contributed by atoms with Crippen molar-refractivity contribution >= 4 is 21.6 Å². The molecule has 1 unspecified atom stereocenters. The molecule has 0 aliphatic heterocycles. The van der Waals surface area contributed by atoms with Crippen LogP contribution in [0.15, 0.2) is 0 Å². The van der Waals surface area contributed by atoms with Crippen molar-refractivity contribution in [2.75, 3.05) is 32.6 Å². The summed E-state index contributed by atoms with van der Waals surface area (Å²) < 4.78 is 35.5. The van der Waals surface area contributed by atoms with Gasteiger partial charge in [-0.25, -0.2) is 13.1 Å². The van der Waals surface area contributed by atoms with E-state index in [1.807, 2.05) is 13.8 Å². The van der Waals surface area contributed by atoms with Crippen molar-refractivity contribution in [3.8, 4) is 0 Å². The van der Waals surface area contributed by atoms with E-state index in [-0.39, 0.29) is 23.8 Å². The minimum absolute atomic E-state index is 0.0254. The van der Waals surface area contributed by atoms with Gasteiger partial charge in [-0.05, 0) is 20.3 Å². The Balaban J connectivity index is 3.71. The molecule has 0 spiro atoms. The van der Waals surface area contributed by atoms with Crippen LogP contribution >= 0.6 is 11.6 Å². The predicted molar refractivity (Wildman–Crippen MR) is 69.0 cm³/mol. The Morgan fingerprint density at radius 1 is 1.35 bits per heavy atom. The van der Waals surface area contributed by atoms with Crippen LogP contribution in [-0.4, -0.2) is 52.5 Å². The molecule has 0 bridgehead atoms. The second-order valence-corrected chi connectivity index (χ2v) is 6.52. The van der Waals surface area contributed by atoms with Gasteiger partial charge >= 0.3 is 0 Å². The van der Waals surface area contributed by atoms with Crippen LogP contribution in [0, 0.1) is 0 Å². The van der Waals surface area contributed by atoms with Gasteiger partial charge in [0, 0.05) is 13.7 Å². The van der Waals surface area contributed by atoms with Crippen molar-refractivity contribution in [2.24, 2.45) is 0 Å². The quantitative estimate of drug-likeness (QED) is 0.608. The number of halogens is 1. The zero-order valence-electron chi connectivity index (χ0n) is 10.6. The first-order valence-corrected chi connectivity index (χ1v) is 7.68. The number of sulfonamides is 1. The maximum Gasteiger partial charge on any atom is 0.213 e. The molecule has 0 aliphatic rings. The van der Waals surface area contributed by atoms with E-state index < -0.39 is 10.0 Å². The molecule has 1 atom stereocenters. The first-order chi connectivity index (χ1) is 7.87. The largest absolute Gasteiger partial charge is 0.383 e. The molecule has 7 heteroatoms. The molecular formula is C10H22ClNO4S. The number of nitrogens with one attached hydrogen (secondary N) is 1. The highest BCUT2D eigenvalue weighted by molar-refractivity contribution is 7.89. The number of alkyl halides is 1. The maximum atomic E-state index is 11.5. The molecule has 0 aromatic carbocycles. The van der Waals surface area contributed by atoms with E-state index in [1.165, 1.54) is 0 Å². The molecule has 0 heterocycles. The lowest BCUT2D eigenvalue weighted by Gasteiger charge is -2.11. The lowest BCUT2D eigenvalue weighted by Crippen LogP contribution is -2.31. The minimum Gasteiger partial charge on any atom is -0.383 e. The summed E-state index contributed by atoms with van der Waals surface area (Å²) in [5.74, 6) is -0.0254. The van der Waals surface area contributed by atoms with E-state index in [0.717, 1.165) is 0 Å². The second-order valence-electron chi connectivity index (χ2n) is 3.97. The maximum absolute atomic E-state index is 11.5. The van der Waals surface area contributed by atoms with Gasteiger partial charge in [-0.2, -0.15) is 0 Å². The second kappa shape index (κ2) is 9.10. The van der Waals surface area contributed by atoms with Crippen LogP contribution in [0.25, 0.3) is 0 Å². The normalized spacial score (nSPS) is 14.2. The molecule has 1 N–H and O–H groups in total. The number of rotatable bonds is 10. The molecule has 0 aliphatic carbocycles. The van der Waals surface area contributed by atoms with Crippen LogP contribution in [0.2, 0.25) is 0 Å². The lowest BCUT2D eigenvalue weighted by molar-refractivity contribution is 0.0911. The number of hydrogen-bond acceptors (Lipinski definition) is 4. The molecule has 5 nitrogen and oxygen atoms in total. The van der Waals surface area contributed by atoms with Crippen molar-refractivity contribution < 1.29 is 17.9 Å². The predicted octanol–water partition coefficient (Wildman–Crippen LogP) is 0.975. The Labute approximate surface area is 109 Å². The molecule has 0 aromatic heterocycles. The van der Waals surface area contributed by atoms with E-state index in [9.17, 15) is 8.42 Å². The van der Waals surface area contributed by atoms with Crippen molar-refractivity contribution in [2.45, 2.75) is 31.7 Å². The molecule has 0 fully saturated rings. The average Bonchev–Trinajstić information content (AvgIpc) is 2.16. The van der Waals surface area contributed by atoms with Crippen molar-refractivity contribution in [1.82, 2.24) is 4.72 Å². The Hall–Kier alpha value is 0.120. The fraction of sp³-hybridized carbons (Fsp3) is 1.00. The van der Waals surface area contributed by atoms with Gasteiger partial charge in [-0.1, -0.05) is 0 Å². The summed E-state index contributed by atoms with van der Waals surface area (Å²) >= 11 is 5.87. The van der Waals surface area contributed by atoms with Gasteiger partial charge in [0.15, 0.2) is 0 Å². The summed E-state index contributed by atoms with van der Waals surface area (Å²) in [5, 5.41) is -0.172. The van der Waals surface area contributed by atoms with E-state index in [4.69, 9.17) is 21.1 Å². The molecule has 0 saturated heterocycles. The van der Waals surface area contributed by atoms with Crippen LogP contribution in [0.4, 0.5) is 0 Å². The highest BCUT2D eigenvalue weighted by Gasteiger charge is 2.11. The molecule has 104 valence electrons. The third-order valence-corrected chi connectivity index (χ3v) is 3.62. The monoisotopic (exact) mass is 287 g/mol. The highest BCUT2D eigenvalue weighted by atomic mass is 35.5. The van der Waals surface area contributed by atoms with E-state index in [2.05, 4.69) is 4.72 Å². The van der Waals surface area contributed by atoms with Gasteiger partial charge in [0.25, 0.3) is 0 Å². The van der Waals surface area contributed by atoms with Crippen molar-refractivity contribution in [3.63, 3.8) is 0 Å². The van der Waals surface area contributed by atoms with Gasteiger partial charge in [0.1, 0.15) is 0 Å². The zero-order valence-corrected chi connectivity index (χ0v) is 12.2. The number of ether oxygens (including phenoxy) is 2. The van der Waals surface area contributed by atoms with Gasteiger partial charge in [-0.3, -0.25) is 0 Å². The van der Waals surface area contributed by atoms with Crippen LogP contribution in [0.5, 0.6) is 0 Å². The molecule has 0 radical (unpaired) electrons. The van der Waals surface area contributed by atoms with Crippen LogP contribution in [0.1, 0.15) is 20.3 Å². The van der Waals surface area contributed by atoms with Gasteiger partial charge in [0.05, 0.1) is 30.4 Å².